The number of carbonyl (C=O) groups excluding carboxylic acids is 1. The maximum atomic E-state index is 16.1. The summed E-state index contributed by atoms with van der Waals surface area (Å²) in [6.45, 7) is 12.3. The molecule has 0 saturated carbocycles. The number of fused-ring (bicyclic) bond motifs is 1. The quantitative estimate of drug-likeness (QED) is 0.0967. The van der Waals surface area contributed by atoms with E-state index >= 15 is 4.39 Å². The number of H-pyrrole nitrogens is 1. The van der Waals surface area contributed by atoms with Crippen molar-refractivity contribution >= 4 is 40.1 Å². The molecular formula is C41H48F7N5O9S. The number of aliphatic hydroxyl groups excluding tert-OH is 1. The molecule has 2 saturated heterocycles. The Labute approximate surface area is 360 Å². The summed E-state index contributed by atoms with van der Waals surface area (Å²) in [5.41, 5.74) is 1.28. The number of aromatic nitrogens is 2. The lowest BCUT2D eigenvalue weighted by atomic mass is 9.83. The number of nitrogens with one attached hydrogen (secondary N) is 2. The molecule has 6 rings (SSSR count). The van der Waals surface area contributed by atoms with Gasteiger partial charge in [0.1, 0.15) is 17.3 Å². The van der Waals surface area contributed by atoms with Gasteiger partial charge in [0.15, 0.2) is 0 Å². The number of carbonyl (C=O) groups is 3. The lowest BCUT2D eigenvalue weighted by Gasteiger charge is -2.47. The number of morpholine rings is 1. The number of amides is 1. The van der Waals surface area contributed by atoms with E-state index in [9.17, 15) is 46.1 Å². The number of ether oxygens (including phenoxy) is 1. The lowest BCUT2D eigenvalue weighted by molar-refractivity contribution is -0.193. The number of likely N-dealkylation sites (tertiary alicyclic amines) is 1. The summed E-state index contributed by atoms with van der Waals surface area (Å²) in [4.78, 5) is 54.2. The molecule has 4 aromatic rings. The fourth-order valence-corrected chi connectivity index (χ4v) is 7.80. The summed E-state index contributed by atoms with van der Waals surface area (Å²) in [6, 6.07) is 11.6. The number of alkyl halides is 6. The molecule has 14 nitrogen and oxygen atoms in total. The highest BCUT2D eigenvalue weighted by atomic mass is 32.1. The number of aromatic hydroxyl groups is 1. The van der Waals surface area contributed by atoms with Crippen LogP contribution in [0, 0.1) is 5.82 Å². The van der Waals surface area contributed by atoms with Crippen LogP contribution in [0.15, 0.2) is 52.6 Å². The predicted octanol–water partition coefficient (Wildman–Crippen LogP) is 6.33. The topological polar surface area (TPSA) is 206 Å². The van der Waals surface area contributed by atoms with Gasteiger partial charge < -0.3 is 40.4 Å². The Bertz CT molecular complexity index is 2270. The van der Waals surface area contributed by atoms with Gasteiger partial charge in [-0.25, -0.2) is 19.0 Å². The monoisotopic (exact) mass is 919 g/mol. The average Bonchev–Trinajstić information content (AvgIpc) is 3.70. The number of pyridine rings is 1. The second-order valence-corrected chi connectivity index (χ2v) is 16.8. The van der Waals surface area contributed by atoms with Gasteiger partial charge in [-0.3, -0.25) is 14.5 Å². The summed E-state index contributed by atoms with van der Waals surface area (Å²) < 4.78 is 85.9. The van der Waals surface area contributed by atoms with Gasteiger partial charge in [0.25, 0.3) is 5.91 Å². The smallest absolute Gasteiger partial charge is 0.490 e. The number of halogens is 7. The van der Waals surface area contributed by atoms with Gasteiger partial charge in [0.05, 0.1) is 35.4 Å². The number of aliphatic hydroxyl groups is 1. The average molecular weight is 920 g/mol. The molecule has 0 aliphatic carbocycles. The van der Waals surface area contributed by atoms with Gasteiger partial charge in [-0.15, -0.1) is 11.3 Å². The molecule has 2 aliphatic heterocycles. The largest absolute Gasteiger partial charge is 0.506 e. The third-order valence-corrected chi connectivity index (χ3v) is 11.5. The first kappa shape index (κ1) is 50.5. The highest BCUT2D eigenvalue weighted by molar-refractivity contribution is 7.09. The van der Waals surface area contributed by atoms with Gasteiger partial charge in [0.2, 0.25) is 5.56 Å². The number of carboxylic acids is 2. The van der Waals surface area contributed by atoms with Crippen LogP contribution in [-0.2, 0) is 26.3 Å². The lowest BCUT2D eigenvalue weighted by Crippen LogP contribution is -2.58. The van der Waals surface area contributed by atoms with Crippen LogP contribution in [0.3, 0.4) is 0 Å². The Balaban J connectivity index is 0.000000537. The van der Waals surface area contributed by atoms with E-state index in [4.69, 9.17) is 24.5 Å². The molecule has 22 heteroatoms. The van der Waals surface area contributed by atoms with E-state index in [0.717, 1.165) is 30.9 Å². The molecule has 1 spiro atoms. The zero-order chi connectivity index (χ0) is 47.1. The van der Waals surface area contributed by atoms with Gasteiger partial charge in [0, 0.05) is 73.0 Å². The third kappa shape index (κ3) is 13.4. The first-order chi connectivity index (χ1) is 29.2. The van der Waals surface area contributed by atoms with E-state index < -0.39 is 41.4 Å². The van der Waals surface area contributed by atoms with Gasteiger partial charge in [-0.1, -0.05) is 52.0 Å². The van der Waals surface area contributed by atoms with E-state index in [1.54, 1.807) is 12.1 Å². The van der Waals surface area contributed by atoms with Crippen LogP contribution in [-0.4, -0.2) is 122 Å². The maximum Gasteiger partial charge on any atom is 0.490 e. The molecule has 6 N–H and O–H groups in total. The van der Waals surface area contributed by atoms with Crippen molar-refractivity contribution in [3.05, 3.63) is 91.4 Å². The Kier molecular flexibility index (Phi) is 16.5. The summed E-state index contributed by atoms with van der Waals surface area (Å²) in [5.74, 6) is -5.55. The number of rotatable bonds is 10. The standard InChI is InChI=1S/C37H46FN5O5S.2C2HF3O2/c1-23(2)34-40-28(20-49-34)35(47)43-16-17-48-37(22-43)12-14-42(15-13-37)19-24-6-5-7-27(32(24)38)36(3,4)21-39-18-30(45)25-8-10-29(44)33-26(25)9-11-31(46)41-33;2*3-2(4,5)1(6)7/h5-11,20,23,30,39,44-45H,12-19,21-22H2,1-4H3,(H,41,46);2*(H,6,7)/t30-;;/m0../s1. The summed E-state index contributed by atoms with van der Waals surface area (Å²) in [6.07, 6.45) is -9.56. The maximum absolute atomic E-state index is 16.1. The third-order valence-electron chi connectivity index (χ3n) is 10.4. The zero-order valence-corrected chi connectivity index (χ0v) is 35.4. The van der Waals surface area contributed by atoms with Crippen molar-refractivity contribution < 1.29 is 70.3 Å². The van der Waals surface area contributed by atoms with E-state index in [0.29, 0.717) is 60.6 Å². The molecule has 63 heavy (non-hydrogen) atoms. The molecular weight excluding hydrogens is 872 g/mol. The molecule has 2 aromatic carbocycles. The minimum Gasteiger partial charge on any atom is -0.506 e. The van der Waals surface area contributed by atoms with Gasteiger partial charge in [-0.2, -0.15) is 26.3 Å². The van der Waals surface area contributed by atoms with Crippen LogP contribution >= 0.6 is 11.3 Å². The summed E-state index contributed by atoms with van der Waals surface area (Å²) in [7, 11) is 0. The molecule has 0 radical (unpaired) electrons. The van der Waals surface area contributed by atoms with Crippen LogP contribution < -0.4 is 10.9 Å². The van der Waals surface area contributed by atoms with Crippen molar-refractivity contribution in [1.29, 1.82) is 0 Å². The Morgan fingerprint density at radius 2 is 1.59 bits per heavy atom. The first-order valence-corrected chi connectivity index (χ1v) is 20.4. The van der Waals surface area contributed by atoms with Gasteiger partial charge in [-0.05, 0) is 36.1 Å². The molecule has 1 atom stereocenters. The van der Waals surface area contributed by atoms with Crippen LogP contribution in [0.25, 0.3) is 10.9 Å². The molecule has 2 aliphatic rings. The molecule has 0 bridgehead atoms. The molecule has 2 aromatic heterocycles. The zero-order valence-electron chi connectivity index (χ0n) is 34.6. The number of hydrogen-bond acceptors (Lipinski definition) is 11. The highest BCUT2D eigenvalue weighted by Crippen LogP contribution is 2.34. The minimum atomic E-state index is -5.08. The molecule has 0 unspecified atom stereocenters. The van der Waals surface area contributed by atoms with E-state index in [1.165, 1.54) is 23.5 Å². The van der Waals surface area contributed by atoms with Crippen LogP contribution in [0.1, 0.15) is 84.7 Å². The van der Waals surface area contributed by atoms with Crippen LogP contribution in [0.5, 0.6) is 5.75 Å². The fraction of sp³-hybridized carbons (Fsp3) is 0.488. The first-order valence-electron chi connectivity index (χ1n) is 19.5. The Morgan fingerprint density at radius 1 is 0.968 bits per heavy atom. The number of hydrogen-bond donors (Lipinski definition) is 6. The minimum absolute atomic E-state index is 0.0369. The number of benzene rings is 2. The SMILES string of the molecule is CC(C)c1nc(C(=O)N2CCOC3(CCN(Cc4cccc(C(C)(C)CNC[C@H](O)c5ccc(O)c6[nH]c(=O)ccc56)c4F)CC3)C2)cs1.O=C(O)C(F)(F)F.O=C(O)C(F)(F)F. The van der Waals surface area contributed by atoms with E-state index in [-0.39, 0.29) is 41.0 Å². The number of thiazole rings is 1. The summed E-state index contributed by atoms with van der Waals surface area (Å²) >= 11 is 1.53. The predicted molar refractivity (Wildman–Crippen MR) is 216 cm³/mol. The van der Waals surface area contributed by atoms with Crippen molar-refractivity contribution in [2.75, 3.05) is 45.9 Å². The number of aliphatic carboxylic acids is 2. The van der Waals surface area contributed by atoms with E-state index in [1.807, 2.05) is 42.3 Å². The Hall–Kier alpha value is -5.16. The second-order valence-electron chi connectivity index (χ2n) is 16.0. The highest BCUT2D eigenvalue weighted by Gasteiger charge is 2.42. The number of phenols is 1. The number of phenolic OH excluding ortho intramolecular Hbond substituents is 1. The van der Waals surface area contributed by atoms with Gasteiger partial charge >= 0.3 is 24.3 Å². The molecule has 1 amide bonds. The van der Waals surface area contributed by atoms with Crippen LogP contribution in [0.4, 0.5) is 30.7 Å². The number of carboxylic acid groups (broad SMARTS) is 2. The summed E-state index contributed by atoms with van der Waals surface area (Å²) in [5, 5.41) is 42.1. The number of nitrogens with zero attached hydrogens (tertiary/aromatic N) is 3. The van der Waals surface area contributed by atoms with Crippen molar-refractivity contribution in [3.63, 3.8) is 0 Å². The van der Waals surface area contributed by atoms with Crippen molar-refractivity contribution in [3.8, 4) is 5.75 Å². The van der Waals surface area contributed by atoms with Crippen LogP contribution in [0.2, 0.25) is 0 Å². The van der Waals surface area contributed by atoms with Crippen molar-refractivity contribution in [2.45, 2.75) is 82.5 Å². The normalized spacial score (nSPS) is 16.2. The van der Waals surface area contributed by atoms with Crippen molar-refractivity contribution in [1.82, 2.24) is 25.1 Å². The fourth-order valence-electron chi connectivity index (χ4n) is 6.99. The molecule has 2 fully saturated rings. The van der Waals surface area contributed by atoms with Crippen molar-refractivity contribution in [2.24, 2.45) is 0 Å². The molecule has 4 heterocycles. The number of aromatic amines is 1. The van der Waals surface area contributed by atoms with E-state index in [2.05, 4.69) is 34.0 Å². The Morgan fingerprint density at radius 3 is 2.16 bits per heavy atom. The molecule has 346 valence electrons. The number of piperidine rings is 1. The second kappa shape index (κ2) is 20.6.